The Morgan fingerprint density at radius 2 is 1.68 bits per heavy atom. The lowest BCUT2D eigenvalue weighted by atomic mass is 10.2. The molecule has 132 valence electrons. The van der Waals surface area contributed by atoms with Gasteiger partial charge in [0.25, 0.3) is 0 Å². The van der Waals surface area contributed by atoms with Gasteiger partial charge in [-0.2, -0.15) is 4.31 Å². The quantitative estimate of drug-likeness (QED) is 0.838. The summed E-state index contributed by atoms with van der Waals surface area (Å²) in [5, 5.41) is 0. The summed E-state index contributed by atoms with van der Waals surface area (Å²) in [6.45, 7) is 1.64. The summed E-state index contributed by atoms with van der Waals surface area (Å²) < 4.78 is 52.9. The Morgan fingerprint density at radius 3 is 2.32 bits per heavy atom. The second kappa shape index (κ2) is 6.53. The van der Waals surface area contributed by atoms with E-state index in [-0.39, 0.29) is 18.0 Å². The largest absolute Gasteiger partial charge is 0.310 e. The van der Waals surface area contributed by atoms with Crippen molar-refractivity contribution < 1.29 is 22.0 Å². The molecule has 0 unspecified atom stereocenters. The fourth-order valence-electron chi connectivity index (χ4n) is 2.82. The summed E-state index contributed by atoms with van der Waals surface area (Å²) >= 11 is 0. The minimum atomic E-state index is -3.93. The van der Waals surface area contributed by atoms with Crippen LogP contribution in [0.15, 0.2) is 53.4 Å². The zero-order valence-corrected chi connectivity index (χ0v) is 14.2. The number of benzene rings is 2. The zero-order chi connectivity index (χ0) is 18.2. The second-order valence-corrected chi connectivity index (χ2v) is 7.61. The number of sulfonamides is 1. The number of piperazine rings is 1. The summed E-state index contributed by atoms with van der Waals surface area (Å²) in [5.41, 5.74) is 0.385. The van der Waals surface area contributed by atoms with Gasteiger partial charge in [-0.1, -0.05) is 6.07 Å². The van der Waals surface area contributed by atoms with Gasteiger partial charge in [0.1, 0.15) is 17.7 Å². The lowest BCUT2D eigenvalue weighted by molar-refractivity contribution is -0.123. The number of nitrogens with zero attached hydrogens (tertiary/aromatic N) is 2. The van der Waals surface area contributed by atoms with Crippen molar-refractivity contribution >= 4 is 21.6 Å². The molecule has 1 aliphatic rings. The summed E-state index contributed by atoms with van der Waals surface area (Å²) in [5.74, 6) is -1.46. The SMILES string of the molecule is C[C@H]1C(=O)N(c2cccc(F)c2)CCN1S(=O)(=O)c1ccc(F)cc1. The molecule has 0 spiro atoms. The minimum absolute atomic E-state index is 0.0587. The normalized spacial score (nSPS) is 19.2. The van der Waals surface area contributed by atoms with Gasteiger partial charge in [0.15, 0.2) is 0 Å². The van der Waals surface area contributed by atoms with Crippen LogP contribution >= 0.6 is 0 Å². The van der Waals surface area contributed by atoms with Crippen LogP contribution in [0.4, 0.5) is 14.5 Å². The van der Waals surface area contributed by atoms with Gasteiger partial charge in [0.05, 0.1) is 4.90 Å². The number of anilines is 1. The molecule has 0 aromatic heterocycles. The van der Waals surface area contributed by atoms with E-state index in [9.17, 15) is 22.0 Å². The van der Waals surface area contributed by atoms with Crippen molar-refractivity contribution in [2.75, 3.05) is 18.0 Å². The van der Waals surface area contributed by atoms with Crippen LogP contribution in [0.1, 0.15) is 6.92 Å². The number of carbonyl (C=O) groups excluding carboxylic acids is 1. The first-order valence-electron chi connectivity index (χ1n) is 7.65. The van der Waals surface area contributed by atoms with Crippen molar-refractivity contribution in [3.8, 4) is 0 Å². The lowest BCUT2D eigenvalue weighted by Gasteiger charge is -2.38. The third-order valence-corrected chi connectivity index (χ3v) is 6.12. The predicted octanol–water partition coefficient (Wildman–Crippen LogP) is 2.39. The summed E-state index contributed by atoms with van der Waals surface area (Å²) in [6.07, 6.45) is 0. The van der Waals surface area contributed by atoms with Crippen LogP contribution in [-0.2, 0) is 14.8 Å². The third kappa shape index (κ3) is 3.27. The Labute approximate surface area is 144 Å². The molecule has 0 saturated carbocycles. The van der Waals surface area contributed by atoms with Gasteiger partial charge in [-0.3, -0.25) is 4.79 Å². The molecule has 0 aliphatic carbocycles. The van der Waals surface area contributed by atoms with Crippen LogP contribution in [-0.4, -0.2) is 37.8 Å². The maximum absolute atomic E-state index is 13.4. The summed E-state index contributed by atoms with van der Waals surface area (Å²) in [6, 6.07) is 9.09. The van der Waals surface area contributed by atoms with Gasteiger partial charge in [-0.15, -0.1) is 0 Å². The molecule has 1 amide bonds. The van der Waals surface area contributed by atoms with Crippen molar-refractivity contribution in [2.45, 2.75) is 17.9 Å². The number of rotatable bonds is 3. The van der Waals surface area contributed by atoms with Gasteiger partial charge < -0.3 is 4.90 Å². The highest BCUT2D eigenvalue weighted by Crippen LogP contribution is 2.26. The molecule has 1 atom stereocenters. The molecule has 1 heterocycles. The molecule has 0 bridgehead atoms. The van der Waals surface area contributed by atoms with Crippen LogP contribution in [0, 0.1) is 11.6 Å². The van der Waals surface area contributed by atoms with E-state index in [0.717, 1.165) is 16.4 Å². The molecule has 2 aromatic carbocycles. The van der Waals surface area contributed by atoms with Gasteiger partial charge in [-0.05, 0) is 49.4 Å². The molecule has 8 heteroatoms. The molecule has 1 aliphatic heterocycles. The highest BCUT2D eigenvalue weighted by Gasteiger charge is 2.39. The molecular formula is C17H16F2N2O3S. The Hall–Kier alpha value is -2.32. The van der Waals surface area contributed by atoms with Crippen molar-refractivity contribution in [2.24, 2.45) is 0 Å². The van der Waals surface area contributed by atoms with Crippen LogP contribution in [0.3, 0.4) is 0 Å². The average Bonchev–Trinajstić information content (AvgIpc) is 2.57. The molecule has 0 N–H and O–H groups in total. The molecule has 1 saturated heterocycles. The fourth-order valence-corrected chi connectivity index (χ4v) is 4.40. The predicted molar refractivity (Wildman–Crippen MR) is 88.5 cm³/mol. The third-order valence-electron chi connectivity index (χ3n) is 4.14. The topological polar surface area (TPSA) is 57.7 Å². The first-order valence-corrected chi connectivity index (χ1v) is 9.09. The van der Waals surface area contributed by atoms with Crippen molar-refractivity contribution in [1.29, 1.82) is 0 Å². The Morgan fingerprint density at radius 1 is 1.00 bits per heavy atom. The molecule has 1 fully saturated rings. The molecule has 0 radical (unpaired) electrons. The Kier molecular flexibility index (Phi) is 4.57. The van der Waals surface area contributed by atoms with E-state index in [1.807, 2.05) is 0 Å². The summed E-state index contributed by atoms with van der Waals surface area (Å²) in [4.78, 5) is 13.9. The fraction of sp³-hybridized carbons (Fsp3) is 0.235. The second-order valence-electron chi connectivity index (χ2n) is 5.72. The number of halogens is 2. The summed E-state index contributed by atoms with van der Waals surface area (Å²) in [7, 11) is -3.93. The molecular weight excluding hydrogens is 350 g/mol. The average molecular weight is 366 g/mol. The number of amides is 1. The lowest BCUT2D eigenvalue weighted by Crippen LogP contribution is -2.57. The monoisotopic (exact) mass is 366 g/mol. The van der Waals surface area contributed by atoms with Crippen molar-refractivity contribution in [3.05, 3.63) is 60.2 Å². The Bertz CT molecular complexity index is 900. The molecule has 25 heavy (non-hydrogen) atoms. The first kappa shape index (κ1) is 17.5. The molecule has 5 nitrogen and oxygen atoms in total. The van der Waals surface area contributed by atoms with E-state index in [1.165, 1.54) is 42.2 Å². The number of hydrogen-bond donors (Lipinski definition) is 0. The van der Waals surface area contributed by atoms with Crippen LogP contribution < -0.4 is 4.90 Å². The van der Waals surface area contributed by atoms with Crippen molar-refractivity contribution in [1.82, 2.24) is 4.31 Å². The van der Waals surface area contributed by atoms with Crippen LogP contribution in [0.25, 0.3) is 0 Å². The zero-order valence-electron chi connectivity index (χ0n) is 13.4. The van der Waals surface area contributed by atoms with E-state index in [0.29, 0.717) is 5.69 Å². The molecule has 3 rings (SSSR count). The maximum atomic E-state index is 13.4. The number of hydrogen-bond acceptors (Lipinski definition) is 3. The van der Waals surface area contributed by atoms with E-state index in [2.05, 4.69) is 0 Å². The van der Waals surface area contributed by atoms with Gasteiger partial charge in [0, 0.05) is 18.8 Å². The Balaban J connectivity index is 1.87. The van der Waals surface area contributed by atoms with Crippen molar-refractivity contribution in [3.63, 3.8) is 0 Å². The standard InChI is InChI=1S/C17H16F2N2O3S/c1-12-17(22)20(15-4-2-3-14(19)11-15)9-10-21(12)25(23,24)16-7-5-13(18)6-8-16/h2-8,11-12H,9-10H2,1H3/t12-/m0/s1. The van der Waals surface area contributed by atoms with Crippen LogP contribution in [0.5, 0.6) is 0 Å². The molecule has 2 aromatic rings. The highest BCUT2D eigenvalue weighted by atomic mass is 32.2. The van der Waals surface area contributed by atoms with Gasteiger partial charge >= 0.3 is 0 Å². The van der Waals surface area contributed by atoms with Crippen LogP contribution in [0.2, 0.25) is 0 Å². The first-order chi connectivity index (χ1) is 11.8. The smallest absolute Gasteiger partial charge is 0.245 e. The van der Waals surface area contributed by atoms with Gasteiger partial charge in [-0.25, -0.2) is 17.2 Å². The van der Waals surface area contributed by atoms with Gasteiger partial charge in [0.2, 0.25) is 15.9 Å². The van der Waals surface area contributed by atoms with E-state index in [4.69, 9.17) is 0 Å². The maximum Gasteiger partial charge on any atom is 0.245 e. The number of carbonyl (C=O) groups is 1. The minimum Gasteiger partial charge on any atom is -0.310 e. The van der Waals surface area contributed by atoms with E-state index in [1.54, 1.807) is 6.07 Å². The van der Waals surface area contributed by atoms with E-state index < -0.39 is 33.6 Å². The highest BCUT2D eigenvalue weighted by molar-refractivity contribution is 7.89. The van der Waals surface area contributed by atoms with E-state index >= 15 is 0 Å².